The summed E-state index contributed by atoms with van der Waals surface area (Å²) in [5.74, 6) is 0.00948. The van der Waals surface area contributed by atoms with E-state index in [0.29, 0.717) is 49.1 Å². The van der Waals surface area contributed by atoms with Crippen molar-refractivity contribution in [1.82, 2.24) is 16.1 Å². The van der Waals surface area contributed by atoms with Crippen molar-refractivity contribution in [3.05, 3.63) is 98.7 Å². The van der Waals surface area contributed by atoms with Gasteiger partial charge in [-0.1, -0.05) is 47.5 Å². The maximum Gasteiger partial charge on any atom is 0.338 e. The lowest BCUT2D eigenvalue weighted by Gasteiger charge is -2.30. The van der Waals surface area contributed by atoms with E-state index < -0.39 is 17.9 Å². The number of amides is 1. The normalized spacial score (nSPS) is 14.3. The Kier molecular flexibility index (Phi) is 12.9. The monoisotopic (exact) mass is 697 g/mol. The number of hydrogen-bond donors (Lipinski definition) is 3. The Morgan fingerprint density at radius 1 is 1.00 bits per heavy atom. The van der Waals surface area contributed by atoms with Gasteiger partial charge in [-0.15, -0.1) is 0 Å². The van der Waals surface area contributed by atoms with Gasteiger partial charge in [0.25, 0.3) is 5.91 Å². The molecule has 0 saturated heterocycles. The number of para-hydroxylation sites is 1. The second kappa shape index (κ2) is 17.0. The summed E-state index contributed by atoms with van der Waals surface area (Å²) in [6.45, 7) is 9.46. The number of esters is 1. The Labute approximate surface area is 290 Å². The van der Waals surface area contributed by atoms with Crippen molar-refractivity contribution < 1.29 is 23.8 Å². The number of allylic oxidation sites excluding steroid dienone is 1. The van der Waals surface area contributed by atoms with E-state index in [9.17, 15) is 9.59 Å². The molecule has 0 fully saturated rings. The smallest absolute Gasteiger partial charge is 0.338 e. The van der Waals surface area contributed by atoms with Crippen LogP contribution in [0.3, 0.4) is 0 Å². The maximum absolute atomic E-state index is 12.8. The molecule has 0 spiro atoms. The first-order chi connectivity index (χ1) is 22.6. The van der Waals surface area contributed by atoms with Crippen molar-refractivity contribution in [1.29, 1.82) is 0 Å². The molecule has 1 amide bonds. The third-order valence-corrected chi connectivity index (χ3v) is 8.21. The van der Waals surface area contributed by atoms with Crippen LogP contribution in [0.5, 0.6) is 11.5 Å². The van der Waals surface area contributed by atoms with Crippen molar-refractivity contribution in [3.8, 4) is 11.5 Å². The predicted octanol–water partition coefficient (Wildman–Crippen LogP) is 6.30. The summed E-state index contributed by atoms with van der Waals surface area (Å²) in [7, 11) is 0. The molecule has 0 unspecified atom stereocenters. The molecular weight excluding hydrogens is 661 g/mol. The van der Waals surface area contributed by atoms with Crippen LogP contribution in [0.15, 0.2) is 77.0 Å². The minimum absolute atomic E-state index is 0.219. The summed E-state index contributed by atoms with van der Waals surface area (Å²) in [6, 6.07) is 17.6. The van der Waals surface area contributed by atoms with Gasteiger partial charge in [-0.3, -0.25) is 4.79 Å². The number of thiocarbonyl (C=S) groups is 1. The highest BCUT2D eigenvalue weighted by molar-refractivity contribution is 7.80. The van der Waals surface area contributed by atoms with E-state index in [-0.39, 0.29) is 19.8 Å². The predicted molar refractivity (Wildman–Crippen MR) is 189 cm³/mol. The van der Waals surface area contributed by atoms with Gasteiger partial charge in [-0.2, -0.15) is 5.10 Å². The Balaban J connectivity index is 1.46. The number of nitrogens with zero attached hydrogens (tertiary/aromatic N) is 2. The lowest BCUT2D eigenvalue weighted by molar-refractivity contribution is -0.139. The summed E-state index contributed by atoms with van der Waals surface area (Å²) < 4.78 is 17.3. The summed E-state index contributed by atoms with van der Waals surface area (Å²) in [4.78, 5) is 27.8. The van der Waals surface area contributed by atoms with E-state index in [1.807, 2.05) is 30.3 Å². The van der Waals surface area contributed by atoms with E-state index in [2.05, 4.69) is 39.9 Å². The van der Waals surface area contributed by atoms with Crippen molar-refractivity contribution in [2.75, 3.05) is 31.2 Å². The Morgan fingerprint density at radius 3 is 2.49 bits per heavy atom. The number of ether oxygens (including phenoxy) is 3. The zero-order valence-electron chi connectivity index (χ0n) is 26.6. The zero-order valence-corrected chi connectivity index (χ0v) is 28.9. The number of carbonyl (C=O) groups excluding carboxylic acids is 2. The second-order valence-corrected chi connectivity index (χ2v) is 11.6. The molecule has 3 N–H and O–H groups in total. The molecule has 0 aliphatic carbocycles. The van der Waals surface area contributed by atoms with E-state index >= 15 is 0 Å². The van der Waals surface area contributed by atoms with Crippen LogP contribution in [0.4, 0.5) is 5.69 Å². The minimum atomic E-state index is -0.637. The van der Waals surface area contributed by atoms with Crippen LogP contribution < -0.4 is 30.4 Å². The fourth-order valence-electron chi connectivity index (χ4n) is 4.94. The lowest BCUT2D eigenvalue weighted by Crippen LogP contribution is -2.45. The highest BCUT2D eigenvalue weighted by Crippen LogP contribution is 2.34. The molecule has 0 radical (unpaired) electrons. The Hall–Kier alpha value is -4.32. The third-order valence-electron chi connectivity index (χ3n) is 7.25. The van der Waals surface area contributed by atoms with Crippen LogP contribution in [0.2, 0.25) is 10.0 Å². The van der Waals surface area contributed by atoms with Gasteiger partial charge >= 0.3 is 5.97 Å². The number of hydrazone groups is 1. The van der Waals surface area contributed by atoms with E-state index in [1.165, 1.54) is 6.21 Å². The minimum Gasteiger partial charge on any atom is -0.488 e. The Bertz CT molecular complexity index is 1680. The molecule has 248 valence electrons. The molecule has 1 atom stereocenters. The molecule has 4 rings (SSSR count). The molecule has 0 bridgehead atoms. The standard InChI is InChI=1S/C34H37Cl2N5O5S/c1-5-41(6-2)24-14-13-23(29(17-24)45-19-22-12-15-26(35)27(36)16-22)18-37-40-30(42)20-46-28-11-9-8-10-25(28)32-31(33(43)44-7-3)21(4)38-34(47)39-32/h8-18,32H,5-7,19-20H2,1-4H3,(H,40,42)(H2,38,39,47)/t32-/m1/s1. The van der Waals surface area contributed by atoms with Gasteiger partial charge in [0.2, 0.25) is 0 Å². The number of nitrogens with one attached hydrogen (secondary N) is 3. The SMILES string of the molecule is CCOC(=O)C1=C(C)NC(=S)N[C@@H]1c1ccccc1OCC(=O)NN=Cc1ccc(N(CC)CC)cc1OCc1ccc(Cl)c(Cl)c1. The molecule has 13 heteroatoms. The number of benzene rings is 3. The molecule has 1 heterocycles. The quantitative estimate of drug-likeness (QED) is 0.0773. The van der Waals surface area contributed by atoms with Gasteiger partial charge in [0, 0.05) is 41.7 Å². The molecule has 3 aromatic carbocycles. The van der Waals surface area contributed by atoms with Gasteiger partial charge in [-0.25, -0.2) is 10.2 Å². The lowest BCUT2D eigenvalue weighted by atomic mass is 9.95. The van der Waals surface area contributed by atoms with Crippen molar-refractivity contribution in [2.24, 2.45) is 5.10 Å². The van der Waals surface area contributed by atoms with Crippen molar-refractivity contribution in [2.45, 2.75) is 40.3 Å². The highest BCUT2D eigenvalue weighted by Gasteiger charge is 2.32. The number of carbonyl (C=O) groups is 2. The molecule has 0 aromatic heterocycles. The topological polar surface area (TPSA) is 114 Å². The van der Waals surface area contributed by atoms with Gasteiger partial charge in [0.1, 0.15) is 18.1 Å². The molecule has 3 aromatic rings. The molecule has 47 heavy (non-hydrogen) atoms. The average Bonchev–Trinajstić information content (AvgIpc) is 3.05. The maximum atomic E-state index is 12.8. The van der Waals surface area contributed by atoms with Gasteiger partial charge in [0.05, 0.1) is 34.5 Å². The second-order valence-electron chi connectivity index (χ2n) is 10.3. The van der Waals surface area contributed by atoms with E-state index in [1.54, 1.807) is 44.2 Å². The largest absolute Gasteiger partial charge is 0.488 e. The number of hydrogen-bond acceptors (Lipinski definition) is 8. The van der Waals surface area contributed by atoms with Crippen LogP contribution in [-0.4, -0.2) is 49.5 Å². The van der Waals surface area contributed by atoms with Crippen LogP contribution in [0, 0.1) is 0 Å². The Morgan fingerprint density at radius 2 is 1.77 bits per heavy atom. The fourth-order valence-corrected chi connectivity index (χ4v) is 5.53. The number of halogens is 2. The number of rotatable bonds is 14. The average molecular weight is 699 g/mol. The zero-order chi connectivity index (χ0) is 33.9. The molecule has 1 aliphatic heterocycles. The first-order valence-electron chi connectivity index (χ1n) is 15.1. The first kappa shape index (κ1) is 35.5. The molecule has 1 aliphatic rings. The fraction of sp³-hybridized carbons (Fsp3) is 0.294. The third kappa shape index (κ3) is 9.37. The summed E-state index contributed by atoms with van der Waals surface area (Å²) in [6.07, 6.45) is 1.51. The van der Waals surface area contributed by atoms with Crippen LogP contribution >= 0.6 is 35.4 Å². The first-order valence-corrected chi connectivity index (χ1v) is 16.3. The van der Waals surface area contributed by atoms with Crippen LogP contribution in [0.1, 0.15) is 50.4 Å². The van der Waals surface area contributed by atoms with Gasteiger partial charge in [-0.05, 0) is 75.8 Å². The van der Waals surface area contributed by atoms with Crippen LogP contribution in [0.25, 0.3) is 0 Å². The van der Waals surface area contributed by atoms with E-state index in [0.717, 1.165) is 24.3 Å². The van der Waals surface area contributed by atoms with E-state index in [4.69, 9.17) is 49.6 Å². The number of anilines is 1. The van der Waals surface area contributed by atoms with Crippen molar-refractivity contribution in [3.63, 3.8) is 0 Å². The highest BCUT2D eigenvalue weighted by atomic mass is 35.5. The summed E-state index contributed by atoms with van der Waals surface area (Å²) >= 11 is 17.6. The van der Waals surface area contributed by atoms with Gasteiger partial charge in [0.15, 0.2) is 11.7 Å². The van der Waals surface area contributed by atoms with Gasteiger partial charge < -0.3 is 29.7 Å². The molecule has 10 nitrogen and oxygen atoms in total. The molecular formula is C34H37Cl2N5O5S. The molecule has 0 saturated carbocycles. The van der Waals surface area contributed by atoms with Crippen LogP contribution in [-0.2, 0) is 20.9 Å². The summed E-state index contributed by atoms with van der Waals surface area (Å²) in [5.41, 5.74) is 6.58. The van der Waals surface area contributed by atoms with Crippen molar-refractivity contribution >= 4 is 64.3 Å². The summed E-state index contributed by atoms with van der Waals surface area (Å²) in [5, 5.41) is 11.5.